The maximum atomic E-state index is 12.2. The number of aromatic nitrogens is 1. The number of sulfonamides is 1. The van der Waals surface area contributed by atoms with Gasteiger partial charge >= 0.3 is 0 Å². The summed E-state index contributed by atoms with van der Waals surface area (Å²) in [4.78, 5) is 3.93. The molecule has 0 atom stereocenters. The van der Waals surface area contributed by atoms with Crippen LogP contribution in [-0.4, -0.2) is 13.4 Å². The van der Waals surface area contributed by atoms with Crippen LogP contribution in [0.1, 0.15) is 11.1 Å². The second-order valence-electron chi connectivity index (χ2n) is 4.04. The summed E-state index contributed by atoms with van der Waals surface area (Å²) in [5.74, 6) is 0.138. The molecular weight excluding hydrogens is 298 g/mol. The van der Waals surface area contributed by atoms with Crippen molar-refractivity contribution in [3.05, 3.63) is 52.7 Å². The molecule has 0 bridgehead atoms. The van der Waals surface area contributed by atoms with E-state index >= 15 is 0 Å². The lowest BCUT2D eigenvalue weighted by atomic mass is 10.1. The Bertz CT molecular complexity index is 798. The number of nitrogens with zero attached hydrogens (tertiary/aromatic N) is 2. The summed E-state index contributed by atoms with van der Waals surface area (Å²) in [7, 11) is -3.76. The van der Waals surface area contributed by atoms with Gasteiger partial charge in [-0.1, -0.05) is 17.7 Å². The Labute approximate surface area is 121 Å². The topological polar surface area (TPSA) is 82.8 Å². The van der Waals surface area contributed by atoms with Crippen LogP contribution in [0.15, 0.2) is 41.3 Å². The standard InChI is InChI=1S/C13H10ClN3O2S/c1-9-7-11(6-5-10(9)8-15)20(18,19)17-13-4-2-3-12(14)16-13/h2-7H,1H3,(H,16,17). The smallest absolute Gasteiger partial charge is 0.263 e. The Morgan fingerprint density at radius 1 is 1.30 bits per heavy atom. The van der Waals surface area contributed by atoms with Crippen molar-refractivity contribution >= 4 is 27.4 Å². The highest BCUT2D eigenvalue weighted by molar-refractivity contribution is 7.92. The summed E-state index contributed by atoms with van der Waals surface area (Å²) in [6.07, 6.45) is 0. The van der Waals surface area contributed by atoms with Gasteiger partial charge in [0.2, 0.25) is 0 Å². The van der Waals surface area contributed by atoms with Crippen molar-refractivity contribution in [3.63, 3.8) is 0 Å². The molecule has 0 aliphatic heterocycles. The molecule has 7 heteroatoms. The fourth-order valence-electron chi connectivity index (χ4n) is 1.59. The first-order chi connectivity index (χ1) is 9.42. The Balaban J connectivity index is 2.36. The highest BCUT2D eigenvalue weighted by Crippen LogP contribution is 2.18. The molecule has 0 fully saturated rings. The highest BCUT2D eigenvalue weighted by atomic mass is 35.5. The van der Waals surface area contributed by atoms with Gasteiger partial charge in [0.05, 0.1) is 16.5 Å². The van der Waals surface area contributed by atoms with Crippen LogP contribution in [-0.2, 0) is 10.0 Å². The minimum absolute atomic E-state index is 0.0655. The van der Waals surface area contributed by atoms with Gasteiger partial charge in [-0.05, 0) is 42.8 Å². The van der Waals surface area contributed by atoms with Crippen molar-refractivity contribution in [1.29, 1.82) is 5.26 Å². The zero-order valence-corrected chi connectivity index (χ0v) is 12.0. The number of hydrogen-bond acceptors (Lipinski definition) is 4. The molecule has 2 aromatic rings. The fraction of sp³-hybridized carbons (Fsp3) is 0.0769. The summed E-state index contributed by atoms with van der Waals surface area (Å²) >= 11 is 5.70. The summed E-state index contributed by atoms with van der Waals surface area (Å²) < 4.78 is 26.7. The van der Waals surface area contributed by atoms with Crippen molar-refractivity contribution in [2.24, 2.45) is 0 Å². The van der Waals surface area contributed by atoms with Gasteiger partial charge in [0.15, 0.2) is 0 Å². The van der Waals surface area contributed by atoms with Crippen molar-refractivity contribution in [1.82, 2.24) is 4.98 Å². The third-order valence-electron chi connectivity index (χ3n) is 2.58. The van der Waals surface area contributed by atoms with E-state index in [1.807, 2.05) is 6.07 Å². The number of aryl methyl sites for hydroxylation is 1. The SMILES string of the molecule is Cc1cc(S(=O)(=O)Nc2cccc(Cl)n2)ccc1C#N. The number of benzene rings is 1. The summed E-state index contributed by atoms with van der Waals surface area (Å²) in [6, 6.07) is 10.9. The molecule has 0 radical (unpaired) electrons. The first kappa shape index (κ1) is 14.3. The number of nitrogens with one attached hydrogen (secondary N) is 1. The fourth-order valence-corrected chi connectivity index (χ4v) is 2.84. The molecule has 0 aliphatic carbocycles. The molecule has 5 nitrogen and oxygen atoms in total. The van der Waals surface area contributed by atoms with Crippen LogP contribution < -0.4 is 4.72 Å². The van der Waals surface area contributed by atoms with E-state index in [0.29, 0.717) is 11.1 Å². The number of anilines is 1. The molecule has 0 amide bonds. The zero-order valence-electron chi connectivity index (χ0n) is 10.5. The van der Waals surface area contributed by atoms with E-state index in [9.17, 15) is 8.42 Å². The number of hydrogen-bond donors (Lipinski definition) is 1. The molecule has 1 aromatic heterocycles. The second-order valence-corrected chi connectivity index (χ2v) is 6.11. The number of pyridine rings is 1. The monoisotopic (exact) mass is 307 g/mol. The van der Waals surface area contributed by atoms with Gasteiger partial charge < -0.3 is 0 Å². The molecular formula is C13H10ClN3O2S. The third-order valence-corrected chi connectivity index (χ3v) is 4.15. The van der Waals surface area contributed by atoms with Crippen LogP contribution in [0, 0.1) is 18.3 Å². The van der Waals surface area contributed by atoms with Gasteiger partial charge in [0.25, 0.3) is 10.0 Å². The molecule has 20 heavy (non-hydrogen) atoms. The molecule has 1 heterocycles. The van der Waals surface area contributed by atoms with E-state index in [1.54, 1.807) is 19.1 Å². The van der Waals surface area contributed by atoms with E-state index in [-0.39, 0.29) is 15.9 Å². The van der Waals surface area contributed by atoms with Crippen LogP contribution in [0.25, 0.3) is 0 Å². The van der Waals surface area contributed by atoms with E-state index < -0.39 is 10.0 Å². The van der Waals surface area contributed by atoms with Gasteiger partial charge in [0.1, 0.15) is 11.0 Å². The summed E-state index contributed by atoms with van der Waals surface area (Å²) in [5, 5.41) is 9.03. The minimum atomic E-state index is -3.76. The minimum Gasteiger partial charge on any atom is -0.263 e. The van der Waals surface area contributed by atoms with E-state index in [1.165, 1.54) is 24.3 Å². The zero-order chi connectivity index (χ0) is 14.8. The van der Waals surface area contributed by atoms with Crippen molar-refractivity contribution in [2.75, 3.05) is 4.72 Å². The maximum absolute atomic E-state index is 12.2. The molecule has 1 aromatic carbocycles. The highest BCUT2D eigenvalue weighted by Gasteiger charge is 2.16. The molecule has 0 saturated heterocycles. The molecule has 0 saturated carbocycles. The lowest BCUT2D eigenvalue weighted by Crippen LogP contribution is -2.14. The number of nitriles is 1. The van der Waals surface area contributed by atoms with Crippen molar-refractivity contribution < 1.29 is 8.42 Å². The first-order valence-electron chi connectivity index (χ1n) is 5.58. The predicted molar refractivity (Wildman–Crippen MR) is 75.9 cm³/mol. The normalized spacial score (nSPS) is 10.8. The van der Waals surface area contributed by atoms with Gasteiger partial charge in [-0.15, -0.1) is 0 Å². The molecule has 102 valence electrons. The molecule has 0 aliphatic rings. The largest absolute Gasteiger partial charge is 0.263 e. The Hall–Kier alpha value is -2.10. The molecule has 1 N–H and O–H groups in total. The second kappa shape index (κ2) is 5.49. The quantitative estimate of drug-likeness (QED) is 0.884. The summed E-state index contributed by atoms with van der Waals surface area (Å²) in [5.41, 5.74) is 1.03. The summed E-state index contributed by atoms with van der Waals surface area (Å²) in [6.45, 7) is 1.68. The van der Waals surface area contributed by atoms with Crippen LogP contribution in [0.5, 0.6) is 0 Å². The molecule has 0 spiro atoms. The van der Waals surface area contributed by atoms with Crippen LogP contribution in [0.4, 0.5) is 5.82 Å². The van der Waals surface area contributed by atoms with Gasteiger partial charge in [-0.25, -0.2) is 13.4 Å². The predicted octanol–water partition coefficient (Wildman–Crippen LogP) is 2.72. The lowest BCUT2D eigenvalue weighted by Gasteiger charge is -2.08. The van der Waals surface area contributed by atoms with Crippen LogP contribution >= 0.6 is 11.6 Å². The van der Waals surface area contributed by atoms with Crippen molar-refractivity contribution in [2.45, 2.75) is 11.8 Å². The van der Waals surface area contributed by atoms with Gasteiger partial charge in [-0.2, -0.15) is 5.26 Å². The van der Waals surface area contributed by atoms with E-state index in [4.69, 9.17) is 16.9 Å². The average molecular weight is 308 g/mol. The Kier molecular flexibility index (Phi) is 3.93. The molecule has 2 rings (SSSR count). The molecule has 0 unspecified atom stereocenters. The lowest BCUT2D eigenvalue weighted by molar-refractivity contribution is 0.601. The number of rotatable bonds is 3. The van der Waals surface area contributed by atoms with Gasteiger partial charge in [0, 0.05) is 0 Å². The number of halogens is 1. The van der Waals surface area contributed by atoms with Gasteiger partial charge in [-0.3, -0.25) is 4.72 Å². The Morgan fingerprint density at radius 2 is 2.05 bits per heavy atom. The van der Waals surface area contributed by atoms with E-state index in [2.05, 4.69) is 9.71 Å². The Morgan fingerprint density at radius 3 is 2.65 bits per heavy atom. The van der Waals surface area contributed by atoms with E-state index in [0.717, 1.165) is 0 Å². The van der Waals surface area contributed by atoms with Crippen LogP contribution in [0.2, 0.25) is 5.15 Å². The van der Waals surface area contributed by atoms with Crippen LogP contribution in [0.3, 0.4) is 0 Å². The average Bonchev–Trinajstić information content (AvgIpc) is 2.38. The van der Waals surface area contributed by atoms with Crippen molar-refractivity contribution in [3.8, 4) is 6.07 Å². The first-order valence-corrected chi connectivity index (χ1v) is 7.44. The maximum Gasteiger partial charge on any atom is 0.263 e. The third kappa shape index (κ3) is 3.07.